The summed E-state index contributed by atoms with van der Waals surface area (Å²) in [6.07, 6.45) is 1.78. The minimum atomic E-state index is -0.0195. The largest absolute Gasteiger partial charge is 0.493 e. The van der Waals surface area contributed by atoms with Gasteiger partial charge in [0.15, 0.2) is 0 Å². The lowest BCUT2D eigenvalue weighted by Gasteiger charge is -2.31. The predicted octanol–water partition coefficient (Wildman–Crippen LogP) is 3.63. The molecule has 2 amide bonds. The molecule has 0 unspecified atom stereocenters. The number of nitrogens with zero attached hydrogens (tertiary/aromatic N) is 1. The van der Waals surface area contributed by atoms with Crippen molar-refractivity contribution in [1.29, 1.82) is 0 Å². The fourth-order valence-electron chi connectivity index (χ4n) is 3.59. The van der Waals surface area contributed by atoms with E-state index in [0.29, 0.717) is 45.5 Å². The third-order valence-electron chi connectivity index (χ3n) is 5.45. The molecule has 1 aliphatic heterocycles. The van der Waals surface area contributed by atoms with Gasteiger partial charge in [0.2, 0.25) is 11.8 Å². The van der Waals surface area contributed by atoms with Crippen molar-refractivity contribution >= 4 is 11.8 Å². The number of benzene rings is 2. The summed E-state index contributed by atoms with van der Waals surface area (Å²) in [5.41, 5.74) is 3.31. The van der Waals surface area contributed by atoms with Crippen LogP contribution in [0.3, 0.4) is 0 Å². The van der Waals surface area contributed by atoms with Crippen LogP contribution in [0, 0.1) is 19.8 Å². The lowest BCUT2D eigenvalue weighted by atomic mass is 9.95. The van der Waals surface area contributed by atoms with Crippen LogP contribution in [0.1, 0.15) is 36.0 Å². The number of hydrogen-bond acceptors (Lipinski definition) is 3. The molecule has 0 aliphatic carbocycles. The van der Waals surface area contributed by atoms with Gasteiger partial charge in [-0.05, 0) is 49.4 Å². The van der Waals surface area contributed by atoms with Crippen LogP contribution < -0.4 is 10.1 Å². The van der Waals surface area contributed by atoms with Gasteiger partial charge in [-0.25, -0.2) is 0 Å². The second-order valence-electron chi connectivity index (χ2n) is 7.73. The summed E-state index contributed by atoms with van der Waals surface area (Å²) in [6, 6.07) is 16.0. The highest BCUT2D eigenvalue weighted by Gasteiger charge is 2.27. The van der Waals surface area contributed by atoms with Crippen molar-refractivity contribution in [3.63, 3.8) is 0 Å². The van der Waals surface area contributed by atoms with Crippen LogP contribution in [0.4, 0.5) is 0 Å². The zero-order chi connectivity index (χ0) is 20.6. The Labute approximate surface area is 173 Å². The maximum absolute atomic E-state index is 12.5. The Morgan fingerprint density at radius 2 is 1.79 bits per heavy atom. The van der Waals surface area contributed by atoms with Crippen LogP contribution in [0.2, 0.25) is 0 Å². The molecule has 5 heteroatoms. The zero-order valence-corrected chi connectivity index (χ0v) is 17.3. The Hall–Kier alpha value is -2.82. The SMILES string of the molecule is Cc1ccc(C)c(OCCC(=O)N2CCC(C(=O)NCc3ccccc3)CC2)c1. The van der Waals surface area contributed by atoms with E-state index in [-0.39, 0.29) is 17.7 Å². The van der Waals surface area contributed by atoms with E-state index in [9.17, 15) is 9.59 Å². The van der Waals surface area contributed by atoms with Crippen molar-refractivity contribution in [2.45, 2.75) is 39.7 Å². The highest BCUT2D eigenvalue weighted by molar-refractivity contribution is 5.80. The highest BCUT2D eigenvalue weighted by atomic mass is 16.5. The Bertz CT molecular complexity index is 827. The second kappa shape index (κ2) is 10.1. The number of likely N-dealkylation sites (tertiary alicyclic amines) is 1. The van der Waals surface area contributed by atoms with E-state index in [0.717, 1.165) is 22.4 Å². The maximum Gasteiger partial charge on any atom is 0.225 e. The first-order chi connectivity index (χ1) is 14.0. The number of carbonyl (C=O) groups is 2. The molecule has 2 aromatic carbocycles. The molecule has 1 fully saturated rings. The molecule has 0 saturated carbocycles. The molecule has 3 rings (SSSR count). The van der Waals surface area contributed by atoms with E-state index < -0.39 is 0 Å². The number of carbonyl (C=O) groups excluding carboxylic acids is 2. The Kier molecular flexibility index (Phi) is 7.28. The number of ether oxygens (including phenoxy) is 1. The van der Waals surface area contributed by atoms with Crippen molar-refractivity contribution in [1.82, 2.24) is 10.2 Å². The van der Waals surface area contributed by atoms with Gasteiger partial charge in [-0.3, -0.25) is 9.59 Å². The quantitative estimate of drug-likeness (QED) is 0.780. The maximum atomic E-state index is 12.5. The summed E-state index contributed by atoms with van der Waals surface area (Å²) < 4.78 is 5.80. The van der Waals surface area contributed by atoms with Crippen molar-refractivity contribution in [3.05, 3.63) is 65.2 Å². The fourth-order valence-corrected chi connectivity index (χ4v) is 3.59. The molecule has 1 heterocycles. The van der Waals surface area contributed by atoms with Gasteiger partial charge in [-0.1, -0.05) is 42.5 Å². The smallest absolute Gasteiger partial charge is 0.225 e. The van der Waals surface area contributed by atoms with Crippen molar-refractivity contribution in [2.75, 3.05) is 19.7 Å². The molecular formula is C24H30N2O3. The van der Waals surface area contributed by atoms with Crippen LogP contribution in [-0.4, -0.2) is 36.4 Å². The summed E-state index contributed by atoms with van der Waals surface area (Å²) >= 11 is 0. The molecule has 0 atom stereocenters. The highest BCUT2D eigenvalue weighted by Crippen LogP contribution is 2.20. The number of piperidine rings is 1. The molecule has 1 saturated heterocycles. The van der Waals surface area contributed by atoms with Crippen LogP contribution >= 0.6 is 0 Å². The average molecular weight is 395 g/mol. The normalized spacial score (nSPS) is 14.5. The first-order valence-corrected chi connectivity index (χ1v) is 10.3. The van der Waals surface area contributed by atoms with Gasteiger partial charge >= 0.3 is 0 Å². The molecule has 2 aromatic rings. The number of nitrogens with one attached hydrogen (secondary N) is 1. The van der Waals surface area contributed by atoms with Crippen LogP contribution in [0.25, 0.3) is 0 Å². The minimum absolute atomic E-state index is 0.0195. The zero-order valence-electron chi connectivity index (χ0n) is 17.3. The third kappa shape index (κ3) is 6.08. The molecule has 0 radical (unpaired) electrons. The molecule has 1 N–H and O–H groups in total. The van der Waals surface area contributed by atoms with Crippen LogP contribution in [0.5, 0.6) is 5.75 Å². The standard InChI is InChI=1S/C24H30N2O3/c1-18-8-9-19(2)22(16-18)29-15-12-23(27)26-13-10-21(11-14-26)24(28)25-17-20-6-4-3-5-7-20/h3-9,16,21H,10-15,17H2,1-2H3,(H,25,28). The van der Waals surface area contributed by atoms with Gasteiger partial charge in [0.05, 0.1) is 13.0 Å². The van der Waals surface area contributed by atoms with Crippen molar-refractivity contribution in [3.8, 4) is 5.75 Å². The number of hydrogen-bond donors (Lipinski definition) is 1. The van der Waals surface area contributed by atoms with Gasteiger partial charge in [-0.15, -0.1) is 0 Å². The Morgan fingerprint density at radius 3 is 2.52 bits per heavy atom. The average Bonchev–Trinajstić information content (AvgIpc) is 2.75. The Morgan fingerprint density at radius 1 is 1.07 bits per heavy atom. The van der Waals surface area contributed by atoms with Crippen LogP contribution in [-0.2, 0) is 16.1 Å². The molecule has 0 aromatic heterocycles. The van der Waals surface area contributed by atoms with Gasteiger partial charge in [0.25, 0.3) is 0 Å². The first-order valence-electron chi connectivity index (χ1n) is 10.3. The summed E-state index contributed by atoms with van der Waals surface area (Å²) in [6.45, 7) is 6.22. The summed E-state index contributed by atoms with van der Waals surface area (Å²) in [5.74, 6) is 0.998. The number of rotatable bonds is 7. The van der Waals surface area contributed by atoms with Gasteiger partial charge < -0.3 is 15.0 Å². The molecule has 1 aliphatic rings. The molecule has 0 bridgehead atoms. The van der Waals surface area contributed by atoms with E-state index in [1.165, 1.54) is 0 Å². The second-order valence-corrected chi connectivity index (χ2v) is 7.73. The topological polar surface area (TPSA) is 58.6 Å². The molecule has 154 valence electrons. The van der Waals surface area contributed by atoms with Gasteiger partial charge in [0.1, 0.15) is 5.75 Å². The molecule has 0 spiro atoms. The van der Waals surface area contributed by atoms with Crippen molar-refractivity contribution < 1.29 is 14.3 Å². The van der Waals surface area contributed by atoms with E-state index in [1.807, 2.05) is 67.3 Å². The summed E-state index contributed by atoms with van der Waals surface area (Å²) in [7, 11) is 0. The Balaban J connectivity index is 1.37. The minimum Gasteiger partial charge on any atom is -0.493 e. The molecule has 29 heavy (non-hydrogen) atoms. The summed E-state index contributed by atoms with van der Waals surface area (Å²) in [4.78, 5) is 26.7. The van der Waals surface area contributed by atoms with E-state index >= 15 is 0 Å². The van der Waals surface area contributed by atoms with E-state index in [4.69, 9.17) is 4.74 Å². The van der Waals surface area contributed by atoms with Gasteiger partial charge in [-0.2, -0.15) is 0 Å². The van der Waals surface area contributed by atoms with E-state index in [2.05, 4.69) is 5.32 Å². The molecule has 5 nitrogen and oxygen atoms in total. The predicted molar refractivity (Wildman–Crippen MR) is 114 cm³/mol. The lowest BCUT2D eigenvalue weighted by molar-refractivity contribution is -0.136. The number of aryl methyl sites for hydroxylation is 2. The summed E-state index contributed by atoms with van der Waals surface area (Å²) in [5, 5.41) is 3.01. The fraction of sp³-hybridized carbons (Fsp3) is 0.417. The van der Waals surface area contributed by atoms with E-state index in [1.54, 1.807) is 0 Å². The van der Waals surface area contributed by atoms with Crippen molar-refractivity contribution in [2.24, 2.45) is 5.92 Å². The monoisotopic (exact) mass is 394 g/mol. The van der Waals surface area contributed by atoms with Crippen LogP contribution in [0.15, 0.2) is 48.5 Å². The molecular weight excluding hydrogens is 364 g/mol. The lowest BCUT2D eigenvalue weighted by Crippen LogP contribution is -2.43. The third-order valence-corrected chi connectivity index (χ3v) is 5.45. The van der Waals surface area contributed by atoms with Gasteiger partial charge in [0, 0.05) is 25.6 Å². The number of amides is 2. The first kappa shape index (κ1) is 20.9.